The minimum Gasteiger partial charge on any atom is -0.387 e. The van der Waals surface area contributed by atoms with Gasteiger partial charge in [0.2, 0.25) is 0 Å². The summed E-state index contributed by atoms with van der Waals surface area (Å²) in [6, 6.07) is 0.824. The molecule has 0 amide bonds. The second-order valence-electron chi connectivity index (χ2n) is 3.40. The maximum atomic E-state index is 12.1. The highest BCUT2D eigenvalue weighted by Crippen LogP contribution is 2.30. The van der Waals surface area contributed by atoms with Crippen molar-refractivity contribution in [3.8, 4) is 0 Å². The smallest absolute Gasteiger partial charge is 0.387 e. The molecule has 0 spiro atoms. The fraction of sp³-hybridized carbons (Fsp3) is 0.625. The van der Waals surface area contributed by atoms with Gasteiger partial charge in [-0.15, -0.1) is 0 Å². The highest BCUT2D eigenvalue weighted by atomic mass is 19.4. The lowest BCUT2D eigenvalue weighted by molar-refractivity contribution is -0.141. The van der Waals surface area contributed by atoms with E-state index >= 15 is 0 Å². The molecule has 2 N–H and O–H groups in total. The van der Waals surface area contributed by atoms with E-state index in [1.165, 1.54) is 0 Å². The predicted octanol–water partition coefficient (Wildman–Crippen LogP) is 2.12. The summed E-state index contributed by atoms with van der Waals surface area (Å²) in [5, 5.41) is 14.7. The summed E-state index contributed by atoms with van der Waals surface area (Å²) < 4.78 is 36.3. The zero-order chi connectivity index (χ0) is 10.9. The van der Waals surface area contributed by atoms with Crippen molar-refractivity contribution in [3.05, 3.63) is 17.5 Å². The van der Waals surface area contributed by atoms with Crippen molar-refractivity contribution in [2.24, 2.45) is 5.92 Å². The molecule has 0 aliphatic carbocycles. The molecule has 0 bridgehead atoms. The van der Waals surface area contributed by atoms with Gasteiger partial charge in [0.25, 0.3) is 0 Å². The molecule has 1 heterocycles. The van der Waals surface area contributed by atoms with Crippen LogP contribution >= 0.6 is 0 Å². The average Bonchev–Trinajstić information content (AvgIpc) is 2.49. The van der Waals surface area contributed by atoms with Crippen molar-refractivity contribution in [1.29, 1.82) is 0 Å². The highest BCUT2D eigenvalue weighted by Gasteiger charge is 2.34. The van der Waals surface area contributed by atoms with Crippen LogP contribution in [0.4, 0.5) is 13.2 Å². The number of aromatic amines is 1. The number of alkyl halides is 3. The molecular formula is C8H11F3N2O. The topological polar surface area (TPSA) is 48.9 Å². The van der Waals surface area contributed by atoms with Gasteiger partial charge in [0.15, 0.2) is 5.69 Å². The molecule has 0 aliphatic heterocycles. The largest absolute Gasteiger partial charge is 0.435 e. The summed E-state index contributed by atoms with van der Waals surface area (Å²) in [6.45, 7) is 3.41. The van der Waals surface area contributed by atoms with Crippen LogP contribution in [0.25, 0.3) is 0 Å². The molecule has 1 rings (SSSR count). The van der Waals surface area contributed by atoms with Crippen molar-refractivity contribution in [2.75, 3.05) is 0 Å². The van der Waals surface area contributed by atoms with Crippen molar-refractivity contribution in [3.63, 3.8) is 0 Å². The number of nitrogens with zero attached hydrogens (tertiary/aromatic N) is 1. The lowest BCUT2D eigenvalue weighted by Crippen LogP contribution is -2.06. The van der Waals surface area contributed by atoms with Crippen LogP contribution in [-0.4, -0.2) is 15.3 Å². The van der Waals surface area contributed by atoms with E-state index in [4.69, 9.17) is 0 Å². The van der Waals surface area contributed by atoms with Crippen LogP contribution in [0.1, 0.15) is 31.3 Å². The standard InChI is InChI=1S/C8H11F3N2O/c1-4(2)7(14)5-3-6(13-12-5)8(9,10)11/h3-4,7,14H,1-2H3,(H,12,13). The number of hydrogen-bond acceptors (Lipinski definition) is 2. The van der Waals surface area contributed by atoms with E-state index in [1.807, 2.05) is 0 Å². The van der Waals surface area contributed by atoms with Gasteiger partial charge in [-0.2, -0.15) is 18.3 Å². The van der Waals surface area contributed by atoms with Gasteiger partial charge in [-0.05, 0) is 12.0 Å². The monoisotopic (exact) mass is 208 g/mol. The zero-order valence-corrected chi connectivity index (χ0v) is 7.76. The number of aromatic nitrogens is 2. The fourth-order valence-electron chi connectivity index (χ4n) is 0.992. The Morgan fingerprint density at radius 2 is 2.00 bits per heavy atom. The Hall–Kier alpha value is -1.04. The Balaban J connectivity index is 2.89. The third-order valence-corrected chi connectivity index (χ3v) is 1.84. The molecule has 6 heteroatoms. The van der Waals surface area contributed by atoms with E-state index in [0.29, 0.717) is 0 Å². The van der Waals surface area contributed by atoms with Gasteiger partial charge < -0.3 is 5.11 Å². The van der Waals surface area contributed by atoms with E-state index in [9.17, 15) is 18.3 Å². The average molecular weight is 208 g/mol. The highest BCUT2D eigenvalue weighted by molar-refractivity contribution is 5.13. The van der Waals surface area contributed by atoms with Crippen molar-refractivity contribution < 1.29 is 18.3 Å². The number of H-pyrrole nitrogens is 1. The molecule has 3 nitrogen and oxygen atoms in total. The first-order valence-corrected chi connectivity index (χ1v) is 4.13. The molecule has 0 saturated carbocycles. The zero-order valence-electron chi connectivity index (χ0n) is 7.76. The van der Waals surface area contributed by atoms with Gasteiger partial charge in [0.1, 0.15) is 0 Å². The summed E-state index contributed by atoms with van der Waals surface area (Å²) in [6.07, 6.45) is -5.41. The second-order valence-corrected chi connectivity index (χ2v) is 3.40. The molecule has 14 heavy (non-hydrogen) atoms. The SMILES string of the molecule is CC(C)C(O)c1cc(C(F)(F)F)n[nH]1. The number of hydrogen-bond donors (Lipinski definition) is 2. The van der Waals surface area contributed by atoms with Gasteiger partial charge in [0, 0.05) is 0 Å². The van der Waals surface area contributed by atoms with Crippen molar-refractivity contribution in [1.82, 2.24) is 10.2 Å². The molecule has 1 aromatic rings. The minimum absolute atomic E-state index is 0.0901. The second kappa shape index (κ2) is 3.61. The summed E-state index contributed by atoms with van der Waals surface area (Å²) in [5.41, 5.74) is -0.917. The number of rotatable bonds is 2. The van der Waals surface area contributed by atoms with E-state index in [0.717, 1.165) is 6.07 Å². The number of aliphatic hydroxyl groups is 1. The minimum atomic E-state index is -4.47. The Labute approximate surface area is 78.9 Å². The summed E-state index contributed by atoms with van der Waals surface area (Å²) in [4.78, 5) is 0. The van der Waals surface area contributed by atoms with Crippen LogP contribution in [0.3, 0.4) is 0 Å². The van der Waals surface area contributed by atoms with E-state index in [1.54, 1.807) is 13.8 Å². The van der Waals surface area contributed by atoms with Crippen LogP contribution in [0.15, 0.2) is 6.07 Å². The van der Waals surface area contributed by atoms with Crippen molar-refractivity contribution in [2.45, 2.75) is 26.1 Å². The predicted molar refractivity (Wildman–Crippen MR) is 43.4 cm³/mol. The lowest BCUT2D eigenvalue weighted by atomic mass is 10.0. The Morgan fingerprint density at radius 3 is 2.36 bits per heavy atom. The molecule has 0 aromatic carbocycles. The van der Waals surface area contributed by atoms with Crippen LogP contribution in [0.2, 0.25) is 0 Å². The molecule has 1 atom stereocenters. The van der Waals surface area contributed by atoms with Gasteiger partial charge in [0.05, 0.1) is 11.8 Å². The molecule has 1 aromatic heterocycles. The lowest BCUT2D eigenvalue weighted by Gasteiger charge is -2.11. The number of halogens is 3. The first-order chi connectivity index (χ1) is 6.32. The Kier molecular flexibility index (Phi) is 2.84. The van der Waals surface area contributed by atoms with Crippen LogP contribution in [0.5, 0.6) is 0 Å². The fourth-order valence-corrected chi connectivity index (χ4v) is 0.992. The first kappa shape index (κ1) is 11.0. The normalized spacial score (nSPS) is 14.8. The third kappa shape index (κ3) is 2.25. The number of nitrogens with one attached hydrogen (secondary N) is 1. The molecule has 80 valence electrons. The molecule has 0 aliphatic rings. The molecule has 0 radical (unpaired) electrons. The van der Waals surface area contributed by atoms with Crippen LogP contribution in [-0.2, 0) is 6.18 Å². The van der Waals surface area contributed by atoms with Gasteiger partial charge in [-0.3, -0.25) is 5.10 Å². The molecule has 1 unspecified atom stereocenters. The van der Waals surface area contributed by atoms with E-state index in [-0.39, 0.29) is 11.6 Å². The molecule has 0 fully saturated rings. The van der Waals surface area contributed by atoms with Crippen LogP contribution < -0.4 is 0 Å². The number of aliphatic hydroxyl groups excluding tert-OH is 1. The van der Waals surface area contributed by atoms with Crippen molar-refractivity contribution >= 4 is 0 Å². The maximum absolute atomic E-state index is 12.1. The van der Waals surface area contributed by atoms with Gasteiger partial charge >= 0.3 is 6.18 Å². The first-order valence-electron chi connectivity index (χ1n) is 4.13. The molecular weight excluding hydrogens is 197 g/mol. The van der Waals surface area contributed by atoms with E-state index < -0.39 is 18.0 Å². The Bertz CT molecular complexity index is 306. The molecule has 0 saturated heterocycles. The summed E-state index contributed by atoms with van der Waals surface area (Å²) in [5.74, 6) is -0.156. The summed E-state index contributed by atoms with van der Waals surface area (Å²) in [7, 11) is 0. The maximum Gasteiger partial charge on any atom is 0.435 e. The van der Waals surface area contributed by atoms with E-state index in [2.05, 4.69) is 10.2 Å². The summed E-state index contributed by atoms with van der Waals surface area (Å²) >= 11 is 0. The van der Waals surface area contributed by atoms with Gasteiger partial charge in [-0.25, -0.2) is 0 Å². The third-order valence-electron chi connectivity index (χ3n) is 1.84. The van der Waals surface area contributed by atoms with Gasteiger partial charge in [-0.1, -0.05) is 13.8 Å². The quantitative estimate of drug-likeness (QED) is 0.782. The Morgan fingerprint density at radius 1 is 1.43 bits per heavy atom. The van der Waals surface area contributed by atoms with Crippen LogP contribution in [0, 0.1) is 5.92 Å².